The SMILES string of the molecule is Cn1c(=O)c2c(-c3ccc(Cl)cc3)n(CC(=O)[O-])cc2n(C)c1=O. The first kappa shape index (κ1) is 16.1. The Labute approximate surface area is 140 Å². The average molecular weight is 347 g/mol. The number of nitrogens with zero attached hydrogens (tertiary/aromatic N) is 3. The molecule has 124 valence electrons. The van der Waals surface area contributed by atoms with Crippen LogP contribution in [-0.2, 0) is 25.4 Å². The Morgan fingerprint density at radius 3 is 2.33 bits per heavy atom. The Morgan fingerprint density at radius 2 is 1.75 bits per heavy atom. The molecule has 0 aliphatic heterocycles. The molecule has 2 aromatic heterocycles. The van der Waals surface area contributed by atoms with Crippen molar-refractivity contribution in [1.82, 2.24) is 13.7 Å². The standard InChI is InChI=1S/C16H14ClN3O4/c1-18-11-7-20(8-12(21)22)14(9-3-5-10(17)6-4-9)13(11)15(23)19(2)16(18)24/h3-7H,8H2,1-2H3,(H,21,22)/p-1. The van der Waals surface area contributed by atoms with Crippen molar-refractivity contribution in [3.8, 4) is 11.3 Å². The molecule has 0 amide bonds. The summed E-state index contributed by atoms with van der Waals surface area (Å²) < 4.78 is 3.69. The van der Waals surface area contributed by atoms with Crippen molar-refractivity contribution in [3.63, 3.8) is 0 Å². The predicted octanol–water partition coefficient (Wildman–Crippen LogP) is 0.109. The smallest absolute Gasteiger partial charge is 0.330 e. The van der Waals surface area contributed by atoms with E-state index >= 15 is 0 Å². The predicted molar refractivity (Wildman–Crippen MR) is 87.9 cm³/mol. The fraction of sp³-hybridized carbons (Fsp3) is 0.188. The minimum Gasteiger partial charge on any atom is -0.548 e. The molecule has 0 unspecified atom stereocenters. The second-order valence-corrected chi connectivity index (χ2v) is 5.89. The number of aromatic nitrogens is 3. The molecule has 2 heterocycles. The summed E-state index contributed by atoms with van der Waals surface area (Å²) in [5, 5.41) is 11.9. The summed E-state index contributed by atoms with van der Waals surface area (Å²) in [6.07, 6.45) is 1.47. The molecule has 0 spiro atoms. The van der Waals surface area contributed by atoms with Gasteiger partial charge in [-0.05, 0) is 17.7 Å². The van der Waals surface area contributed by atoms with E-state index in [0.29, 0.717) is 21.8 Å². The number of hydrogen-bond acceptors (Lipinski definition) is 4. The summed E-state index contributed by atoms with van der Waals surface area (Å²) >= 11 is 5.90. The van der Waals surface area contributed by atoms with Crippen LogP contribution < -0.4 is 16.4 Å². The molecular weight excluding hydrogens is 334 g/mol. The van der Waals surface area contributed by atoms with Gasteiger partial charge in [-0.1, -0.05) is 23.7 Å². The van der Waals surface area contributed by atoms with E-state index in [2.05, 4.69) is 0 Å². The van der Waals surface area contributed by atoms with E-state index in [4.69, 9.17) is 11.6 Å². The van der Waals surface area contributed by atoms with Crippen LogP contribution in [0.2, 0.25) is 5.02 Å². The van der Waals surface area contributed by atoms with Gasteiger partial charge in [0.2, 0.25) is 0 Å². The monoisotopic (exact) mass is 346 g/mol. The van der Waals surface area contributed by atoms with E-state index < -0.39 is 23.8 Å². The van der Waals surface area contributed by atoms with E-state index in [1.165, 1.54) is 29.4 Å². The third-order valence-electron chi connectivity index (χ3n) is 3.93. The van der Waals surface area contributed by atoms with E-state index in [-0.39, 0.29) is 5.39 Å². The average Bonchev–Trinajstić information content (AvgIpc) is 2.90. The molecule has 8 heteroatoms. The first-order valence-corrected chi connectivity index (χ1v) is 7.43. The Balaban J connectivity index is 2.48. The third-order valence-corrected chi connectivity index (χ3v) is 4.18. The quantitative estimate of drug-likeness (QED) is 0.673. The summed E-state index contributed by atoms with van der Waals surface area (Å²) in [6, 6.07) is 6.66. The Bertz CT molecular complexity index is 1070. The van der Waals surface area contributed by atoms with Crippen molar-refractivity contribution in [2.45, 2.75) is 6.54 Å². The first-order chi connectivity index (χ1) is 11.3. The molecule has 3 rings (SSSR count). The molecule has 0 aliphatic carbocycles. The summed E-state index contributed by atoms with van der Waals surface area (Å²) in [5.74, 6) is -1.30. The number of rotatable bonds is 3. The number of fused-ring (bicyclic) bond motifs is 1. The summed E-state index contributed by atoms with van der Waals surface area (Å²) in [6.45, 7) is -0.440. The highest BCUT2D eigenvalue weighted by atomic mass is 35.5. The molecule has 1 aromatic carbocycles. The molecule has 3 aromatic rings. The lowest BCUT2D eigenvalue weighted by Gasteiger charge is -2.10. The largest absolute Gasteiger partial charge is 0.548 e. The van der Waals surface area contributed by atoms with Gasteiger partial charge in [0.25, 0.3) is 5.56 Å². The number of carboxylic acid groups (broad SMARTS) is 1. The number of halogens is 1. The maximum atomic E-state index is 12.6. The van der Waals surface area contributed by atoms with Crippen LogP contribution in [0, 0.1) is 0 Å². The number of carbonyl (C=O) groups is 1. The van der Waals surface area contributed by atoms with Gasteiger partial charge in [-0.15, -0.1) is 0 Å². The maximum absolute atomic E-state index is 12.6. The summed E-state index contributed by atoms with van der Waals surface area (Å²) in [7, 11) is 2.91. The normalized spacial score (nSPS) is 11.1. The van der Waals surface area contributed by atoms with Crippen LogP contribution in [0.25, 0.3) is 22.2 Å². The Kier molecular flexibility index (Phi) is 3.81. The van der Waals surface area contributed by atoms with E-state index in [1.54, 1.807) is 24.3 Å². The zero-order chi connectivity index (χ0) is 17.6. The van der Waals surface area contributed by atoms with Gasteiger partial charge in [-0.2, -0.15) is 0 Å². The van der Waals surface area contributed by atoms with Crippen LogP contribution >= 0.6 is 11.6 Å². The van der Waals surface area contributed by atoms with Crippen LogP contribution in [0.3, 0.4) is 0 Å². The highest BCUT2D eigenvalue weighted by molar-refractivity contribution is 6.30. The van der Waals surface area contributed by atoms with Gasteiger partial charge < -0.3 is 14.5 Å². The molecule has 24 heavy (non-hydrogen) atoms. The van der Waals surface area contributed by atoms with Crippen molar-refractivity contribution < 1.29 is 9.90 Å². The molecule has 7 nitrogen and oxygen atoms in total. The van der Waals surface area contributed by atoms with Crippen LogP contribution in [-0.4, -0.2) is 19.7 Å². The first-order valence-electron chi connectivity index (χ1n) is 7.06. The van der Waals surface area contributed by atoms with Crippen molar-refractivity contribution in [3.05, 3.63) is 56.3 Å². The van der Waals surface area contributed by atoms with Gasteiger partial charge in [0.15, 0.2) is 0 Å². The highest BCUT2D eigenvalue weighted by Gasteiger charge is 2.19. The lowest BCUT2D eigenvalue weighted by molar-refractivity contribution is -0.306. The van der Waals surface area contributed by atoms with Crippen LogP contribution in [0.1, 0.15) is 0 Å². The molecule has 0 atom stereocenters. The van der Waals surface area contributed by atoms with Crippen molar-refractivity contribution >= 4 is 28.5 Å². The fourth-order valence-electron chi connectivity index (χ4n) is 2.77. The van der Waals surface area contributed by atoms with Gasteiger partial charge >= 0.3 is 5.69 Å². The fourth-order valence-corrected chi connectivity index (χ4v) is 2.90. The van der Waals surface area contributed by atoms with Gasteiger partial charge in [0.1, 0.15) is 0 Å². The van der Waals surface area contributed by atoms with E-state index in [9.17, 15) is 19.5 Å². The number of aryl methyl sites for hydroxylation is 1. The third kappa shape index (κ3) is 2.43. The van der Waals surface area contributed by atoms with Crippen molar-refractivity contribution in [2.75, 3.05) is 0 Å². The summed E-state index contributed by atoms with van der Waals surface area (Å²) in [5.41, 5.74) is 0.402. The lowest BCUT2D eigenvalue weighted by atomic mass is 10.1. The molecule has 0 aliphatic rings. The van der Waals surface area contributed by atoms with Crippen molar-refractivity contribution in [1.29, 1.82) is 0 Å². The minimum atomic E-state index is -1.30. The Hall–Kier alpha value is -2.80. The number of carbonyl (C=O) groups excluding carboxylic acids is 1. The van der Waals surface area contributed by atoms with Crippen LogP contribution in [0.5, 0.6) is 0 Å². The van der Waals surface area contributed by atoms with Gasteiger partial charge in [0.05, 0.1) is 29.1 Å². The zero-order valence-electron chi connectivity index (χ0n) is 12.9. The van der Waals surface area contributed by atoms with Gasteiger partial charge in [0, 0.05) is 25.3 Å². The van der Waals surface area contributed by atoms with Crippen LogP contribution in [0.15, 0.2) is 40.1 Å². The summed E-state index contributed by atoms with van der Waals surface area (Å²) in [4.78, 5) is 35.8. The molecule has 0 saturated carbocycles. The number of carboxylic acids is 1. The molecule has 0 fully saturated rings. The van der Waals surface area contributed by atoms with E-state index in [0.717, 1.165) is 4.57 Å². The molecule has 0 bridgehead atoms. The minimum absolute atomic E-state index is 0.267. The number of benzene rings is 1. The Morgan fingerprint density at radius 1 is 1.12 bits per heavy atom. The number of hydrogen-bond donors (Lipinski definition) is 0. The molecular formula is C16H13ClN3O4-. The lowest BCUT2D eigenvalue weighted by Crippen LogP contribution is -2.36. The van der Waals surface area contributed by atoms with E-state index in [1.807, 2.05) is 0 Å². The van der Waals surface area contributed by atoms with Crippen molar-refractivity contribution in [2.24, 2.45) is 14.1 Å². The second kappa shape index (κ2) is 5.68. The zero-order valence-corrected chi connectivity index (χ0v) is 13.7. The van der Waals surface area contributed by atoms with Crippen LogP contribution in [0.4, 0.5) is 0 Å². The topological polar surface area (TPSA) is 89.1 Å². The highest BCUT2D eigenvalue weighted by Crippen LogP contribution is 2.28. The number of aliphatic carboxylic acids is 1. The van der Waals surface area contributed by atoms with Gasteiger partial charge in [-0.3, -0.25) is 13.9 Å². The molecule has 0 saturated heterocycles. The maximum Gasteiger partial charge on any atom is 0.330 e. The molecule has 0 radical (unpaired) electrons. The molecule has 0 N–H and O–H groups in total. The van der Waals surface area contributed by atoms with Gasteiger partial charge in [-0.25, -0.2) is 4.79 Å². The second-order valence-electron chi connectivity index (χ2n) is 5.45.